The van der Waals surface area contributed by atoms with Crippen molar-refractivity contribution >= 4 is 23.3 Å². The highest BCUT2D eigenvalue weighted by molar-refractivity contribution is 5.68. The molecule has 60 heavy (non-hydrogen) atoms. The van der Waals surface area contributed by atoms with E-state index in [0.29, 0.717) is 12.8 Å². The van der Waals surface area contributed by atoms with E-state index in [0.717, 1.165) is 105 Å². The van der Waals surface area contributed by atoms with E-state index in [2.05, 4.69) is 37.9 Å². The molecular weight excluding hydrogens is 767 g/mol. The second kappa shape index (κ2) is 19.5. The van der Waals surface area contributed by atoms with Crippen molar-refractivity contribution in [1.29, 1.82) is 0 Å². The van der Waals surface area contributed by atoms with Crippen molar-refractivity contribution in [3.05, 3.63) is 116 Å². The Morgan fingerprint density at radius 3 is 1.67 bits per heavy atom. The Balaban J connectivity index is 0.000000203. The number of nitrogens with zero attached hydrogens (tertiary/aromatic N) is 1. The van der Waals surface area contributed by atoms with Crippen LogP contribution in [-0.4, -0.2) is 53.5 Å². The molecule has 3 heterocycles. The Kier molecular flexibility index (Phi) is 14.9. The van der Waals surface area contributed by atoms with Crippen LogP contribution in [0.4, 0.5) is 20.2 Å². The zero-order valence-electron chi connectivity index (χ0n) is 36.7. The number of anilines is 2. The van der Waals surface area contributed by atoms with E-state index in [1.165, 1.54) is 18.9 Å². The summed E-state index contributed by atoms with van der Waals surface area (Å²) < 4.78 is 45.2. The van der Waals surface area contributed by atoms with Crippen LogP contribution in [0.3, 0.4) is 0 Å². The van der Waals surface area contributed by atoms with Gasteiger partial charge in [-0.05, 0) is 175 Å². The molecule has 4 aromatic carbocycles. The minimum Gasteiger partial charge on any atom is -0.489 e. The molecule has 3 N–H and O–H groups in total. The predicted octanol–water partition coefficient (Wildman–Crippen LogP) is 10.4. The standard InChI is InChI=1S/C23H28FNO3.C22H26FNO3.C4H8O/c1-14-15(2)20(8-6-16(14)7-9-21(26)27)28-13-18-11-19(24)10-17-12-23(3,4)25(5)22(17)18;1-13-14(2)19(7-5-15(13)6-8-20(25)26)27-12-17-10-18(23)9-16-11-22(3,4)24-21(16)17;1-2-4-5-3-1/h6,8,10-11H,7,9,12-13H2,1-5H3,(H,26,27);5,7,9-10,24H,6,8,11-12H2,1-4H3,(H,25,26);1-4H2. The van der Waals surface area contributed by atoms with Gasteiger partial charge < -0.3 is 34.6 Å². The van der Waals surface area contributed by atoms with Crippen LogP contribution in [0.1, 0.15) is 109 Å². The molecule has 324 valence electrons. The molecule has 1 fully saturated rings. The summed E-state index contributed by atoms with van der Waals surface area (Å²) in [6.07, 6.45) is 5.36. The molecule has 7 rings (SSSR count). The number of carboxylic acids is 2. The topological polar surface area (TPSA) is 118 Å². The highest BCUT2D eigenvalue weighted by Gasteiger charge is 2.35. The molecule has 0 spiro atoms. The van der Waals surface area contributed by atoms with Crippen LogP contribution >= 0.6 is 0 Å². The Labute approximate surface area is 354 Å². The third-order valence-corrected chi connectivity index (χ3v) is 12.0. The van der Waals surface area contributed by atoms with Crippen LogP contribution in [0.15, 0.2) is 48.5 Å². The summed E-state index contributed by atoms with van der Waals surface area (Å²) in [5.74, 6) is -0.604. The highest BCUT2D eigenvalue weighted by Crippen LogP contribution is 2.41. The van der Waals surface area contributed by atoms with Gasteiger partial charge in [-0.2, -0.15) is 0 Å². The van der Waals surface area contributed by atoms with Crippen molar-refractivity contribution in [2.45, 2.75) is 131 Å². The molecule has 3 aliphatic heterocycles. The maximum absolute atomic E-state index is 14.2. The van der Waals surface area contributed by atoms with Gasteiger partial charge in [0.15, 0.2) is 0 Å². The van der Waals surface area contributed by atoms with Crippen molar-refractivity contribution in [1.82, 2.24) is 0 Å². The Morgan fingerprint density at radius 2 is 1.18 bits per heavy atom. The van der Waals surface area contributed by atoms with Gasteiger partial charge in [-0.25, -0.2) is 8.78 Å². The van der Waals surface area contributed by atoms with E-state index < -0.39 is 11.9 Å². The number of nitrogens with one attached hydrogen (secondary N) is 1. The molecule has 0 saturated carbocycles. The number of ether oxygens (including phenoxy) is 3. The number of hydrogen-bond acceptors (Lipinski definition) is 7. The minimum absolute atomic E-state index is 0.0524. The van der Waals surface area contributed by atoms with Gasteiger partial charge in [0.05, 0.1) is 0 Å². The third-order valence-electron chi connectivity index (χ3n) is 12.0. The fraction of sp³-hybridized carbons (Fsp3) is 0.469. The summed E-state index contributed by atoms with van der Waals surface area (Å²) in [6, 6.07) is 13.9. The summed E-state index contributed by atoms with van der Waals surface area (Å²) in [6.45, 7) is 19.0. The second-order valence-corrected chi connectivity index (χ2v) is 17.5. The van der Waals surface area contributed by atoms with Crippen molar-refractivity contribution < 1.29 is 42.8 Å². The van der Waals surface area contributed by atoms with Gasteiger partial charge >= 0.3 is 11.9 Å². The normalized spacial score (nSPS) is 15.5. The van der Waals surface area contributed by atoms with Gasteiger partial charge in [-0.1, -0.05) is 12.1 Å². The molecular formula is C49H62F2N2O7. The van der Waals surface area contributed by atoms with Crippen LogP contribution in [0, 0.1) is 39.3 Å². The minimum atomic E-state index is -0.803. The number of halogens is 2. The highest BCUT2D eigenvalue weighted by atomic mass is 19.1. The van der Waals surface area contributed by atoms with Crippen LogP contribution in [0.5, 0.6) is 11.5 Å². The average Bonchev–Trinajstić information content (AvgIpc) is 3.90. The van der Waals surface area contributed by atoms with Gasteiger partial charge in [0.25, 0.3) is 0 Å². The first-order valence-electron chi connectivity index (χ1n) is 20.9. The molecule has 4 aromatic rings. The summed E-state index contributed by atoms with van der Waals surface area (Å²) in [7, 11) is 2.04. The molecule has 3 aliphatic rings. The summed E-state index contributed by atoms with van der Waals surface area (Å²) in [4.78, 5) is 23.8. The van der Waals surface area contributed by atoms with Crippen LogP contribution in [0.2, 0.25) is 0 Å². The number of aliphatic carboxylic acids is 2. The fourth-order valence-corrected chi connectivity index (χ4v) is 8.14. The van der Waals surface area contributed by atoms with Crippen LogP contribution < -0.4 is 19.7 Å². The maximum atomic E-state index is 14.2. The summed E-state index contributed by atoms with van der Waals surface area (Å²) in [5, 5.41) is 21.2. The molecule has 0 unspecified atom stereocenters. The molecule has 1 saturated heterocycles. The maximum Gasteiger partial charge on any atom is 0.303 e. The number of rotatable bonds is 12. The smallest absolute Gasteiger partial charge is 0.303 e. The lowest BCUT2D eigenvalue weighted by atomic mass is 9.98. The first-order valence-corrected chi connectivity index (χ1v) is 20.9. The van der Waals surface area contributed by atoms with Crippen LogP contribution in [0.25, 0.3) is 0 Å². The Hall–Kier alpha value is -5.16. The van der Waals surface area contributed by atoms with E-state index >= 15 is 0 Å². The lowest BCUT2D eigenvalue weighted by Crippen LogP contribution is -2.38. The zero-order chi connectivity index (χ0) is 43.9. The van der Waals surface area contributed by atoms with E-state index in [1.807, 2.05) is 59.0 Å². The van der Waals surface area contributed by atoms with Crippen molar-refractivity contribution in [2.75, 3.05) is 30.5 Å². The molecule has 0 radical (unpaired) electrons. The van der Waals surface area contributed by atoms with Gasteiger partial charge in [0.1, 0.15) is 36.3 Å². The van der Waals surface area contributed by atoms with Gasteiger partial charge in [0.2, 0.25) is 0 Å². The molecule has 0 bridgehead atoms. The van der Waals surface area contributed by atoms with E-state index in [-0.39, 0.29) is 48.8 Å². The van der Waals surface area contributed by atoms with Crippen molar-refractivity contribution in [2.24, 2.45) is 0 Å². The first kappa shape index (κ1) is 45.9. The van der Waals surface area contributed by atoms with Gasteiger partial charge in [-0.3, -0.25) is 9.59 Å². The number of carboxylic acid groups (broad SMARTS) is 2. The lowest BCUT2D eigenvalue weighted by Gasteiger charge is -2.31. The van der Waals surface area contributed by atoms with Gasteiger partial charge in [-0.15, -0.1) is 0 Å². The van der Waals surface area contributed by atoms with Crippen LogP contribution in [-0.2, 0) is 53.2 Å². The number of aryl methyl sites for hydroxylation is 2. The van der Waals surface area contributed by atoms with E-state index in [9.17, 15) is 18.4 Å². The molecule has 0 atom stereocenters. The number of carbonyl (C=O) groups is 2. The number of benzene rings is 4. The van der Waals surface area contributed by atoms with E-state index in [4.69, 9.17) is 24.4 Å². The van der Waals surface area contributed by atoms with Crippen molar-refractivity contribution in [3.8, 4) is 11.5 Å². The lowest BCUT2D eigenvalue weighted by molar-refractivity contribution is -0.138. The number of hydrogen-bond donors (Lipinski definition) is 3. The Bertz CT molecular complexity index is 2190. The largest absolute Gasteiger partial charge is 0.489 e. The van der Waals surface area contributed by atoms with Gasteiger partial charge in [0, 0.05) is 66.7 Å². The Morgan fingerprint density at radius 1 is 0.700 bits per heavy atom. The van der Waals surface area contributed by atoms with Crippen molar-refractivity contribution in [3.63, 3.8) is 0 Å². The summed E-state index contributed by atoms with van der Waals surface area (Å²) >= 11 is 0. The number of fused-ring (bicyclic) bond motifs is 2. The molecule has 0 amide bonds. The molecule has 9 nitrogen and oxygen atoms in total. The predicted molar refractivity (Wildman–Crippen MR) is 233 cm³/mol. The molecule has 0 aromatic heterocycles. The monoisotopic (exact) mass is 828 g/mol. The molecule has 0 aliphatic carbocycles. The molecule has 11 heteroatoms. The first-order chi connectivity index (χ1) is 28.3. The summed E-state index contributed by atoms with van der Waals surface area (Å²) in [5.41, 5.74) is 11.6. The SMILES string of the molecule is C1CCOC1.Cc1c(CCC(=O)O)ccc(OCc2cc(F)cc3c2N(C)C(C)(C)C3)c1C.Cc1c(CCC(=O)O)ccc(OCc2cc(F)cc3c2NC(C)(C)C3)c1C. The fourth-order valence-electron chi connectivity index (χ4n) is 8.14. The zero-order valence-corrected chi connectivity index (χ0v) is 36.7. The van der Waals surface area contributed by atoms with E-state index in [1.54, 1.807) is 18.2 Å². The average molecular weight is 829 g/mol. The third kappa shape index (κ3) is 11.6. The number of likely N-dealkylation sites (N-methyl/N-ethyl adjacent to an activating group) is 1. The second-order valence-electron chi connectivity index (χ2n) is 17.5. The quantitative estimate of drug-likeness (QED) is 0.128.